The van der Waals surface area contributed by atoms with Gasteiger partial charge >= 0.3 is 0 Å². The monoisotopic (exact) mass is 271 g/mol. The zero-order chi connectivity index (χ0) is 10.7. The summed E-state index contributed by atoms with van der Waals surface area (Å²) in [5.41, 5.74) is 0. The number of aromatic nitrogens is 2. The quantitative estimate of drug-likeness (QED) is 0.894. The van der Waals surface area contributed by atoms with Gasteiger partial charge in [-0.2, -0.15) is 4.98 Å². The van der Waals surface area contributed by atoms with Crippen LogP contribution >= 0.6 is 15.9 Å². The highest BCUT2D eigenvalue weighted by atomic mass is 79.9. The number of rotatable bonds is 5. The first-order valence-corrected chi connectivity index (χ1v) is 5.89. The summed E-state index contributed by atoms with van der Waals surface area (Å²) in [6.45, 7) is 0.940. The average molecular weight is 272 g/mol. The molecular formula is C10H14BrN3O. The zero-order valence-corrected chi connectivity index (χ0v) is 10.2. The number of nitrogens with zero attached hydrogens (tertiary/aromatic N) is 2. The van der Waals surface area contributed by atoms with Crippen molar-refractivity contribution in [3.05, 3.63) is 10.7 Å². The Labute approximate surface area is 97.6 Å². The maximum atomic E-state index is 5.09. The van der Waals surface area contributed by atoms with E-state index in [2.05, 4.69) is 31.2 Å². The first-order valence-electron chi connectivity index (χ1n) is 5.10. The minimum Gasteiger partial charge on any atom is -0.480 e. The Hall–Kier alpha value is -0.840. The second-order valence-corrected chi connectivity index (χ2v) is 4.56. The maximum absolute atomic E-state index is 5.09. The highest BCUT2D eigenvalue weighted by Gasteiger charge is 2.20. The molecule has 1 aromatic heterocycles. The molecule has 1 aromatic rings. The van der Waals surface area contributed by atoms with E-state index >= 15 is 0 Å². The Morgan fingerprint density at radius 3 is 3.07 bits per heavy atom. The molecule has 82 valence electrons. The lowest BCUT2D eigenvalue weighted by molar-refractivity contribution is 0.394. The average Bonchev–Trinajstić information content (AvgIpc) is 3.04. The Kier molecular flexibility index (Phi) is 3.41. The van der Waals surface area contributed by atoms with Crippen molar-refractivity contribution in [3.8, 4) is 5.88 Å². The molecule has 0 aliphatic heterocycles. The SMILES string of the molecule is COc1nc(NCCC2CC2)ncc1Br. The minimum absolute atomic E-state index is 0.568. The van der Waals surface area contributed by atoms with Crippen molar-refractivity contribution >= 4 is 21.9 Å². The molecule has 4 nitrogen and oxygen atoms in total. The molecule has 1 aliphatic rings. The van der Waals surface area contributed by atoms with Crippen molar-refractivity contribution < 1.29 is 4.74 Å². The normalized spacial score (nSPS) is 15.1. The first kappa shape index (κ1) is 10.7. The van der Waals surface area contributed by atoms with Crippen LogP contribution in [-0.4, -0.2) is 23.6 Å². The molecule has 0 bridgehead atoms. The highest BCUT2D eigenvalue weighted by Crippen LogP contribution is 2.32. The van der Waals surface area contributed by atoms with E-state index in [0.29, 0.717) is 11.8 Å². The standard InChI is InChI=1S/C10H14BrN3O/c1-15-9-8(11)6-13-10(14-9)12-5-4-7-2-3-7/h6-7H,2-5H2,1H3,(H,12,13,14). The van der Waals surface area contributed by atoms with Gasteiger partial charge < -0.3 is 10.1 Å². The summed E-state index contributed by atoms with van der Waals surface area (Å²) in [5, 5.41) is 3.19. The summed E-state index contributed by atoms with van der Waals surface area (Å²) in [7, 11) is 1.60. The van der Waals surface area contributed by atoms with Crippen LogP contribution < -0.4 is 10.1 Å². The summed E-state index contributed by atoms with van der Waals surface area (Å²) in [4.78, 5) is 8.37. The van der Waals surface area contributed by atoms with Gasteiger partial charge in [-0.15, -0.1) is 0 Å². The molecule has 1 fully saturated rings. The number of nitrogens with one attached hydrogen (secondary N) is 1. The lowest BCUT2D eigenvalue weighted by Crippen LogP contribution is -2.06. The number of ether oxygens (including phenoxy) is 1. The third-order valence-corrected chi connectivity index (χ3v) is 2.98. The number of methoxy groups -OCH3 is 1. The molecule has 1 aliphatic carbocycles. The van der Waals surface area contributed by atoms with Crippen molar-refractivity contribution in [2.24, 2.45) is 5.92 Å². The van der Waals surface area contributed by atoms with Crippen molar-refractivity contribution in [1.82, 2.24) is 9.97 Å². The first-order chi connectivity index (χ1) is 7.29. The Morgan fingerprint density at radius 2 is 2.40 bits per heavy atom. The molecule has 1 saturated carbocycles. The van der Waals surface area contributed by atoms with Gasteiger partial charge in [0.05, 0.1) is 17.8 Å². The summed E-state index contributed by atoms with van der Waals surface area (Å²) >= 11 is 3.31. The van der Waals surface area contributed by atoms with E-state index in [0.717, 1.165) is 16.9 Å². The third-order valence-electron chi connectivity index (χ3n) is 2.44. The van der Waals surface area contributed by atoms with Crippen LogP contribution in [0.2, 0.25) is 0 Å². The van der Waals surface area contributed by atoms with Gasteiger partial charge in [-0.05, 0) is 28.3 Å². The molecule has 0 unspecified atom stereocenters. The van der Waals surface area contributed by atoms with E-state index in [9.17, 15) is 0 Å². The van der Waals surface area contributed by atoms with Crippen LogP contribution in [0.1, 0.15) is 19.3 Å². The van der Waals surface area contributed by atoms with E-state index in [4.69, 9.17) is 4.74 Å². The van der Waals surface area contributed by atoms with Crippen LogP contribution in [0.5, 0.6) is 5.88 Å². The zero-order valence-electron chi connectivity index (χ0n) is 8.66. The Balaban J connectivity index is 1.89. The molecule has 5 heteroatoms. The number of hydrogen-bond acceptors (Lipinski definition) is 4. The van der Waals surface area contributed by atoms with E-state index in [1.807, 2.05) is 0 Å². The molecule has 1 heterocycles. The van der Waals surface area contributed by atoms with Crippen LogP contribution in [0.25, 0.3) is 0 Å². The molecule has 0 radical (unpaired) electrons. The van der Waals surface area contributed by atoms with E-state index in [-0.39, 0.29) is 0 Å². The lowest BCUT2D eigenvalue weighted by atomic mass is 10.3. The maximum Gasteiger partial charge on any atom is 0.232 e. The summed E-state index contributed by atoms with van der Waals surface area (Å²) in [6, 6.07) is 0. The summed E-state index contributed by atoms with van der Waals surface area (Å²) < 4.78 is 5.86. The second-order valence-electron chi connectivity index (χ2n) is 3.71. The van der Waals surface area contributed by atoms with Crippen LogP contribution in [-0.2, 0) is 0 Å². The third kappa shape index (κ3) is 3.06. The van der Waals surface area contributed by atoms with E-state index in [1.165, 1.54) is 19.3 Å². The number of hydrogen-bond donors (Lipinski definition) is 1. The van der Waals surface area contributed by atoms with Crippen LogP contribution in [0.15, 0.2) is 10.7 Å². The summed E-state index contributed by atoms with van der Waals surface area (Å²) in [5.74, 6) is 2.13. The molecule has 0 amide bonds. The van der Waals surface area contributed by atoms with Crippen molar-refractivity contribution in [3.63, 3.8) is 0 Å². The second kappa shape index (κ2) is 4.79. The van der Waals surface area contributed by atoms with Gasteiger partial charge in [0, 0.05) is 6.54 Å². The summed E-state index contributed by atoms with van der Waals surface area (Å²) in [6.07, 6.45) is 5.67. The van der Waals surface area contributed by atoms with Crippen molar-refractivity contribution in [2.45, 2.75) is 19.3 Å². The minimum atomic E-state index is 0.568. The molecule has 1 N–H and O–H groups in total. The largest absolute Gasteiger partial charge is 0.480 e. The van der Waals surface area contributed by atoms with Gasteiger partial charge in [0.2, 0.25) is 11.8 Å². The molecule has 0 spiro atoms. The van der Waals surface area contributed by atoms with Gasteiger partial charge in [-0.3, -0.25) is 0 Å². The van der Waals surface area contributed by atoms with E-state index in [1.54, 1.807) is 13.3 Å². The lowest BCUT2D eigenvalue weighted by Gasteiger charge is -2.06. The predicted molar refractivity (Wildman–Crippen MR) is 62.1 cm³/mol. The van der Waals surface area contributed by atoms with Crippen molar-refractivity contribution in [1.29, 1.82) is 0 Å². The molecule has 0 atom stereocenters. The van der Waals surface area contributed by atoms with Crippen LogP contribution in [0, 0.1) is 5.92 Å². The number of halogens is 1. The van der Waals surface area contributed by atoms with Gasteiger partial charge in [-0.25, -0.2) is 4.98 Å². The predicted octanol–water partition coefficient (Wildman–Crippen LogP) is 2.46. The molecule has 0 saturated heterocycles. The Bertz CT molecular complexity index is 341. The molecule has 2 rings (SSSR count). The fourth-order valence-electron chi connectivity index (χ4n) is 1.37. The van der Waals surface area contributed by atoms with Crippen LogP contribution in [0.3, 0.4) is 0 Å². The van der Waals surface area contributed by atoms with Crippen LogP contribution in [0.4, 0.5) is 5.95 Å². The fraction of sp³-hybridized carbons (Fsp3) is 0.600. The van der Waals surface area contributed by atoms with E-state index < -0.39 is 0 Å². The van der Waals surface area contributed by atoms with Gasteiger partial charge in [0.1, 0.15) is 0 Å². The molecule has 15 heavy (non-hydrogen) atoms. The van der Waals surface area contributed by atoms with Gasteiger partial charge in [-0.1, -0.05) is 12.8 Å². The topological polar surface area (TPSA) is 47.0 Å². The smallest absolute Gasteiger partial charge is 0.232 e. The van der Waals surface area contributed by atoms with Crippen molar-refractivity contribution in [2.75, 3.05) is 19.0 Å². The fourth-order valence-corrected chi connectivity index (χ4v) is 1.73. The Morgan fingerprint density at radius 1 is 1.60 bits per heavy atom. The molecule has 0 aromatic carbocycles. The van der Waals surface area contributed by atoms with Gasteiger partial charge in [0.25, 0.3) is 0 Å². The van der Waals surface area contributed by atoms with Gasteiger partial charge in [0.15, 0.2) is 0 Å². The number of anilines is 1. The molecular weight excluding hydrogens is 258 g/mol. The highest BCUT2D eigenvalue weighted by molar-refractivity contribution is 9.10.